The molecule has 2 aromatic carbocycles. The summed E-state index contributed by atoms with van der Waals surface area (Å²) in [5, 5.41) is 2.48. The van der Waals surface area contributed by atoms with Crippen LogP contribution in [0, 0.1) is 6.92 Å². The van der Waals surface area contributed by atoms with Crippen molar-refractivity contribution in [2.24, 2.45) is 0 Å². The van der Waals surface area contributed by atoms with E-state index in [0.29, 0.717) is 6.61 Å². The van der Waals surface area contributed by atoms with Gasteiger partial charge in [-0.05, 0) is 78.7 Å². The number of hydrogen-bond donors (Lipinski definition) is 2. The van der Waals surface area contributed by atoms with E-state index < -0.39 is 0 Å². The minimum atomic E-state index is 0.692. The molecule has 0 amide bonds. The molecule has 3 aromatic heterocycles. The molecule has 2 N–H and O–H groups in total. The van der Waals surface area contributed by atoms with Crippen LogP contribution in [0.2, 0.25) is 0 Å². The first kappa shape index (κ1) is 24.6. The molecule has 4 heterocycles. The van der Waals surface area contributed by atoms with E-state index in [9.17, 15) is 0 Å². The molecule has 0 aliphatic carbocycles. The lowest BCUT2D eigenvalue weighted by molar-refractivity contribution is 0.0322. The van der Waals surface area contributed by atoms with Gasteiger partial charge in [0.15, 0.2) is 0 Å². The van der Waals surface area contributed by atoms with Crippen LogP contribution in [0.5, 0.6) is 5.75 Å². The summed E-state index contributed by atoms with van der Waals surface area (Å²) >= 11 is 0. The first-order chi connectivity index (χ1) is 18.7. The molecule has 0 bridgehead atoms. The van der Waals surface area contributed by atoms with Crippen molar-refractivity contribution in [2.45, 2.75) is 32.6 Å². The van der Waals surface area contributed by atoms with Crippen molar-refractivity contribution >= 4 is 21.8 Å². The maximum Gasteiger partial charge on any atom is 0.128 e. The van der Waals surface area contributed by atoms with Crippen LogP contribution in [-0.2, 0) is 24.0 Å². The lowest BCUT2D eigenvalue weighted by atomic mass is 10.1. The number of hydrogen-bond acceptors (Lipinski definition) is 5. The second kappa shape index (κ2) is 11.4. The third-order valence-electron chi connectivity index (χ3n) is 7.33. The Morgan fingerprint density at radius 3 is 2.82 bits per heavy atom. The van der Waals surface area contributed by atoms with Gasteiger partial charge in [-0.25, -0.2) is 9.97 Å². The molecule has 1 aliphatic rings. The van der Waals surface area contributed by atoms with Gasteiger partial charge in [0, 0.05) is 72.7 Å². The Kier molecular flexibility index (Phi) is 7.38. The zero-order valence-electron chi connectivity index (χ0n) is 22.0. The molecule has 5 aromatic rings. The summed E-state index contributed by atoms with van der Waals surface area (Å²) in [6, 6.07) is 17.1. The standard InChI is InChI=1S/C31H35N5O2/c1-22-17-25-18-23(5-7-29(25)34-22)19-26-9-10-32-31(35-26)4-2-3-24-21-33-30-8-6-27(20-28(24)30)38-16-13-36-11-14-37-15-12-36/h5-10,17-18,20-21,33-34H,2-4,11-16,19H2,1H3. The van der Waals surface area contributed by atoms with Gasteiger partial charge in [-0.15, -0.1) is 0 Å². The maximum absolute atomic E-state index is 6.08. The molecule has 6 rings (SSSR count). The maximum atomic E-state index is 6.08. The molecule has 38 heavy (non-hydrogen) atoms. The van der Waals surface area contributed by atoms with Crippen molar-refractivity contribution < 1.29 is 9.47 Å². The molecule has 7 heteroatoms. The first-order valence-electron chi connectivity index (χ1n) is 13.6. The molecule has 0 atom stereocenters. The Balaban J connectivity index is 1.04. The Labute approximate surface area is 223 Å². The number of rotatable bonds is 10. The van der Waals surface area contributed by atoms with E-state index in [2.05, 4.69) is 75.4 Å². The summed E-state index contributed by atoms with van der Waals surface area (Å²) in [6.07, 6.45) is 7.64. The van der Waals surface area contributed by atoms with Crippen LogP contribution in [0.4, 0.5) is 0 Å². The molecule has 7 nitrogen and oxygen atoms in total. The van der Waals surface area contributed by atoms with Crippen LogP contribution < -0.4 is 4.74 Å². The van der Waals surface area contributed by atoms with Crippen LogP contribution in [-0.4, -0.2) is 64.3 Å². The molecule has 0 unspecified atom stereocenters. The van der Waals surface area contributed by atoms with Gasteiger partial charge in [0.2, 0.25) is 0 Å². The Bertz CT molecular complexity index is 1520. The fourth-order valence-corrected chi connectivity index (χ4v) is 5.31. The molecular weight excluding hydrogens is 474 g/mol. The van der Waals surface area contributed by atoms with Crippen LogP contribution >= 0.6 is 0 Å². The van der Waals surface area contributed by atoms with Crippen LogP contribution in [0.1, 0.15) is 34.8 Å². The molecule has 1 fully saturated rings. The van der Waals surface area contributed by atoms with Gasteiger partial charge in [-0.2, -0.15) is 0 Å². The number of fused-ring (bicyclic) bond motifs is 2. The van der Waals surface area contributed by atoms with Gasteiger partial charge in [-0.1, -0.05) is 6.07 Å². The summed E-state index contributed by atoms with van der Waals surface area (Å²) in [6.45, 7) is 7.32. The smallest absolute Gasteiger partial charge is 0.128 e. The number of H-pyrrole nitrogens is 2. The van der Waals surface area contributed by atoms with Crippen molar-refractivity contribution in [1.29, 1.82) is 0 Å². The predicted molar refractivity (Wildman–Crippen MR) is 151 cm³/mol. The SMILES string of the molecule is Cc1cc2cc(Cc3ccnc(CCCc4c[nH]c5ccc(OCCN6CCOCC6)cc45)n3)ccc2[nH]1. The highest BCUT2D eigenvalue weighted by molar-refractivity contribution is 5.84. The van der Waals surface area contributed by atoms with Gasteiger partial charge in [0.25, 0.3) is 0 Å². The third kappa shape index (κ3) is 5.90. The zero-order chi connectivity index (χ0) is 25.7. The van der Waals surface area contributed by atoms with E-state index >= 15 is 0 Å². The highest BCUT2D eigenvalue weighted by Crippen LogP contribution is 2.25. The van der Waals surface area contributed by atoms with E-state index in [0.717, 1.165) is 81.3 Å². The van der Waals surface area contributed by atoms with E-state index in [1.54, 1.807) is 0 Å². The summed E-state index contributed by atoms with van der Waals surface area (Å²) < 4.78 is 11.5. The number of aromatic nitrogens is 4. The largest absolute Gasteiger partial charge is 0.492 e. The van der Waals surface area contributed by atoms with Crippen LogP contribution in [0.15, 0.2) is 60.9 Å². The van der Waals surface area contributed by atoms with Crippen LogP contribution in [0.25, 0.3) is 21.8 Å². The van der Waals surface area contributed by atoms with Gasteiger partial charge in [0.1, 0.15) is 18.2 Å². The van der Waals surface area contributed by atoms with Crippen molar-refractivity contribution in [2.75, 3.05) is 39.5 Å². The monoisotopic (exact) mass is 509 g/mol. The first-order valence-corrected chi connectivity index (χ1v) is 13.6. The summed E-state index contributed by atoms with van der Waals surface area (Å²) in [5.41, 5.74) is 7.15. The minimum Gasteiger partial charge on any atom is -0.492 e. The molecule has 1 aliphatic heterocycles. The van der Waals surface area contributed by atoms with Crippen molar-refractivity contribution in [3.8, 4) is 5.75 Å². The average Bonchev–Trinajstić information content (AvgIpc) is 3.51. The fraction of sp³-hybridized carbons (Fsp3) is 0.355. The second-order valence-electron chi connectivity index (χ2n) is 10.2. The lowest BCUT2D eigenvalue weighted by Crippen LogP contribution is -2.38. The highest BCUT2D eigenvalue weighted by Gasteiger charge is 2.11. The molecule has 0 spiro atoms. The van der Waals surface area contributed by atoms with Gasteiger partial charge in [-0.3, -0.25) is 4.90 Å². The number of ether oxygens (including phenoxy) is 2. The minimum absolute atomic E-state index is 0.692. The number of benzene rings is 2. The van der Waals surface area contributed by atoms with Crippen molar-refractivity contribution in [1.82, 2.24) is 24.8 Å². The van der Waals surface area contributed by atoms with E-state index in [1.165, 1.54) is 33.1 Å². The quantitative estimate of drug-likeness (QED) is 0.270. The summed E-state index contributed by atoms with van der Waals surface area (Å²) in [5.74, 6) is 1.84. The Morgan fingerprint density at radius 1 is 1.00 bits per heavy atom. The molecule has 0 saturated carbocycles. The van der Waals surface area contributed by atoms with E-state index in [4.69, 9.17) is 14.5 Å². The molecule has 0 radical (unpaired) electrons. The number of aromatic amines is 2. The second-order valence-corrected chi connectivity index (χ2v) is 10.2. The van der Waals surface area contributed by atoms with Crippen molar-refractivity contribution in [3.63, 3.8) is 0 Å². The highest BCUT2D eigenvalue weighted by atomic mass is 16.5. The van der Waals surface area contributed by atoms with Crippen LogP contribution in [0.3, 0.4) is 0 Å². The number of morpholine rings is 1. The topological polar surface area (TPSA) is 79.1 Å². The van der Waals surface area contributed by atoms with E-state index in [-0.39, 0.29) is 0 Å². The van der Waals surface area contributed by atoms with Gasteiger partial charge >= 0.3 is 0 Å². The molecule has 196 valence electrons. The lowest BCUT2D eigenvalue weighted by Gasteiger charge is -2.26. The van der Waals surface area contributed by atoms with Crippen molar-refractivity contribution in [3.05, 3.63) is 89.3 Å². The van der Waals surface area contributed by atoms with Gasteiger partial charge in [0.05, 0.1) is 13.2 Å². The molecule has 1 saturated heterocycles. The number of nitrogens with zero attached hydrogens (tertiary/aromatic N) is 3. The third-order valence-corrected chi connectivity index (χ3v) is 7.33. The number of nitrogens with one attached hydrogen (secondary N) is 2. The van der Waals surface area contributed by atoms with E-state index in [1.807, 2.05) is 12.3 Å². The Morgan fingerprint density at radius 2 is 1.89 bits per heavy atom. The summed E-state index contributed by atoms with van der Waals surface area (Å²) in [7, 11) is 0. The average molecular weight is 510 g/mol. The Hall–Kier alpha value is -3.68. The fourth-order valence-electron chi connectivity index (χ4n) is 5.31. The zero-order valence-corrected chi connectivity index (χ0v) is 22.0. The van der Waals surface area contributed by atoms with Gasteiger partial charge < -0.3 is 19.4 Å². The number of aryl methyl sites for hydroxylation is 3. The summed E-state index contributed by atoms with van der Waals surface area (Å²) in [4.78, 5) is 18.6. The molecular formula is C31H35N5O2. The predicted octanol–water partition coefficient (Wildman–Crippen LogP) is 5.22. The normalized spacial score (nSPS) is 14.4.